The van der Waals surface area contributed by atoms with Crippen LogP contribution in [0.25, 0.3) is 28.2 Å². The van der Waals surface area contributed by atoms with Crippen LogP contribution < -0.4 is 5.56 Å². The van der Waals surface area contributed by atoms with Gasteiger partial charge in [0.25, 0.3) is 5.56 Å². The van der Waals surface area contributed by atoms with Gasteiger partial charge in [-0.15, -0.1) is 10.2 Å². The highest BCUT2D eigenvalue weighted by Gasteiger charge is 2.20. The summed E-state index contributed by atoms with van der Waals surface area (Å²) in [5.41, 5.74) is 2.13. The van der Waals surface area contributed by atoms with Crippen molar-refractivity contribution in [2.45, 2.75) is 13.3 Å². The highest BCUT2D eigenvalue weighted by atomic mass is 16.1. The van der Waals surface area contributed by atoms with Crippen molar-refractivity contribution >= 4 is 16.8 Å². The van der Waals surface area contributed by atoms with Crippen LogP contribution >= 0.6 is 0 Å². The average molecular weight is 356 g/mol. The average Bonchev–Trinajstić information content (AvgIpc) is 3.34. The molecule has 27 heavy (non-hydrogen) atoms. The number of nitrogens with zero attached hydrogens (tertiary/aromatic N) is 6. The zero-order valence-corrected chi connectivity index (χ0v) is 14.6. The van der Waals surface area contributed by atoms with Crippen molar-refractivity contribution in [2.75, 3.05) is 0 Å². The molecule has 5 rings (SSSR count). The fraction of sp³-hybridized carbons (Fsp3) is 0.100. The molecule has 0 aliphatic rings. The summed E-state index contributed by atoms with van der Waals surface area (Å²) in [5.74, 6) is 1.26. The molecule has 0 radical (unpaired) electrons. The predicted molar refractivity (Wildman–Crippen MR) is 103 cm³/mol. The minimum absolute atomic E-state index is 0.166. The summed E-state index contributed by atoms with van der Waals surface area (Å²) in [6.45, 7) is 2.02. The van der Waals surface area contributed by atoms with Gasteiger partial charge in [0, 0.05) is 6.42 Å². The van der Waals surface area contributed by atoms with E-state index in [2.05, 4.69) is 15.3 Å². The van der Waals surface area contributed by atoms with Gasteiger partial charge >= 0.3 is 0 Å². The molecule has 0 aliphatic carbocycles. The standard InChI is InChI=1S/C20H16N6O/c1-2-17-22-23-20-24(14-9-5-3-6-10-14)19(27)16-13-21-26(18(16)25(17)20)15-11-7-4-8-12-15/h3-13H,2H2,1H3. The topological polar surface area (TPSA) is 70.0 Å². The van der Waals surface area contributed by atoms with Gasteiger partial charge in [-0.05, 0) is 24.3 Å². The summed E-state index contributed by atoms with van der Waals surface area (Å²) >= 11 is 0. The number of aryl methyl sites for hydroxylation is 1. The van der Waals surface area contributed by atoms with Gasteiger partial charge in [-0.25, -0.2) is 13.6 Å². The second-order valence-corrected chi connectivity index (χ2v) is 6.21. The number of hydrogen-bond donors (Lipinski definition) is 0. The Bertz CT molecular complexity index is 1320. The fourth-order valence-electron chi connectivity index (χ4n) is 3.39. The van der Waals surface area contributed by atoms with Crippen molar-refractivity contribution in [1.29, 1.82) is 0 Å². The van der Waals surface area contributed by atoms with Crippen molar-refractivity contribution in [2.24, 2.45) is 0 Å². The van der Waals surface area contributed by atoms with E-state index < -0.39 is 0 Å². The zero-order valence-electron chi connectivity index (χ0n) is 14.6. The molecule has 5 aromatic rings. The Hall–Kier alpha value is -3.74. The smallest absolute Gasteiger partial charge is 0.268 e. The van der Waals surface area contributed by atoms with E-state index >= 15 is 0 Å². The Morgan fingerprint density at radius 3 is 2.22 bits per heavy atom. The van der Waals surface area contributed by atoms with Gasteiger partial charge in [-0.3, -0.25) is 4.79 Å². The first-order valence-electron chi connectivity index (χ1n) is 8.77. The van der Waals surface area contributed by atoms with Crippen LogP contribution in [0.4, 0.5) is 0 Å². The first kappa shape index (κ1) is 15.5. The Morgan fingerprint density at radius 2 is 1.56 bits per heavy atom. The first-order chi connectivity index (χ1) is 13.3. The Kier molecular flexibility index (Phi) is 3.39. The van der Waals surface area contributed by atoms with Crippen molar-refractivity contribution in [1.82, 2.24) is 28.9 Å². The molecule has 0 bridgehead atoms. The minimum Gasteiger partial charge on any atom is -0.268 e. The van der Waals surface area contributed by atoms with E-state index in [4.69, 9.17) is 0 Å². The molecule has 7 nitrogen and oxygen atoms in total. The quantitative estimate of drug-likeness (QED) is 0.498. The summed E-state index contributed by atoms with van der Waals surface area (Å²) in [5, 5.41) is 13.7. The van der Waals surface area contributed by atoms with E-state index in [1.165, 1.54) is 0 Å². The summed E-state index contributed by atoms with van der Waals surface area (Å²) in [6, 6.07) is 19.2. The first-order valence-corrected chi connectivity index (χ1v) is 8.77. The largest absolute Gasteiger partial charge is 0.270 e. The lowest BCUT2D eigenvalue weighted by molar-refractivity contribution is 0.853. The van der Waals surface area contributed by atoms with Crippen LogP contribution in [0, 0.1) is 0 Å². The van der Waals surface area contributed by atoms with Crippen LogP contribution in [0.2, 0.25) is 0 Å². The van der Waals surface area contributed by atoms with Crippen LogP contribution in [0.15, 0.2) is 71.7 Å². The third kappa shape index (κ3) is 2.21. The van der Waals surface area contributed by atoms with E-state index in [0.29, 0.717) is 23.2 Å². The maximum absolute atomic E-state index is 13.3. The van der Waals surface area contributed by atoms with E-state index in [0.717, 1.165) is 17.2 Å². The molecule has 0 saturated heterocycles. The molecule has 0 fully saturated rings. The molecular weight excluding hydrogens is 340 g/mol. The number of para-hydroxylation sites is 2. The van der Waals surface area contributed by atoms with Gasteiger partial charge in [-0.1, -0.05) is 43.3 Å². The number of aromatic nitrogens is 6. The third-order valence-electron chi connectivity index (χ3n) is 4.63. The molecular formula is C20H16N6O. The van der Waals surface area contributed by atoms with Crippen LogP contribution in [0.5, 0.6) is 0 Å². The van der Waals surface area contributed by atoms with Crippen molar-refractivity contribution in [3.8, 4) is 11.4 Å². The van der Waals surface area contributed by atoms with Gasteiger partial charge in [0.15, 0.2) is 5.65 Å². The molecule has 3 aromatic heterocycles. The third-order valence-corrected chi connectivity index (χ3v) is 4.63. The van der Waals surface area contributed by atoms with Gasteiger partial charge in [0.2, 0.25) is 5.78 Å². The molecule has 0 atom stereocenters. The number of fused-ring (bicyclic) bond motifs is 3. The zero-order chi connectivity index (χ0) is 18.4. The maximum atomic E-state index is 13.3. The molecule has 7 heteroatoms. The summed E-state index contributed by atoms with van der Waals surface area (Å²) in [6.07, 6.45) is 2.30. The van der Waals surface area contributed by atoms with E-state index in [1.54, 1.807) is 15.4 Å². The Labute approximate surface area is 154 Å². The summed E-state index contributed by atoms with van der Waals surface area (Å²) in [7, 11) is 0. The Morgan fingerprint density at radius 1 is 0.889 bits per heavy atom. The molecule has 0 unspecified atom stereocenters. The van der Waals surface area contributed by atoms with Crippen molar-refractivity contribution < 1.29 is 0 Å². The lowest BCUT2D eigenvalue weighted by Gasteiger charge is -2.11. The van der Waals surface area contributed by atoms with E-state index in [-0.39, 0.29) is 5.56 Å². The lowest BCUT2D eigenvalue weighted by Crippen LogP contribution is -2.22. The lowest BCUT2D eigenvalue weighted by atomic mass is 10.3. The molecule has 132 valence electrons. The predicted octanol–water partition coefficient (Wildman–Crippen LogP) is 2.78. The summed E-state index contributed by atoms with van der Waals surface area (Å²) < 4.78 is 5.27. The molecule has 2 aromatic carbocycles. The van der Waals surface area contributed by atoms with E-state index in [1.807, 2.05) is 72.0 Å². The maximum Gasteiger partial charge on any atom is 0.270 e. The monoisotopic (exact) mass is 356 g/mol. The van der Waals surface area contributed by atoms with Crippen LogP contribution in [0.1, 0.15) is 12.7 Å². The SMILES string of the molecule is CCc1nnc2n(-c3ccccc3)c(=O)c3cnn(-c4ccccc4)c3n12. The van der Waals surface area contributed by atoms with Gasteiger partial charge in [0.05, 0.1) is 17.6 Å². The molecule has 0 amide bonds. The van der Waals surface area contributed by atoms with Gasteiger partial charge < -0.3 is 0 Å². The van der Waals surface area contributed by atoms with Crippen LogP contribution in [0.3, 0.4) is 0 Å². The van der Waals surface area contributed by atoms with Crippen LogP contribution in [-0.4, -0.2) is 28.9 Å². The molecule has 0 saturated carbocycles. The number of hydrogen-bond acceptors (Lipinski definition) is 4. The number of benzene rings is 2. The molecule has 0 spiro atoms. The fourth-order valence-corrected chi connectivity index (χ4v) is 3.39. The highest BCUT2D eigenvalue weighted by Crippen LogP contribution is 2.20. The molecule has 0 N–H and O–H groups in total. The second-order valence-electron chi connectivity index (χ2n) is 6.21. The number of rotatable bonds is 3. The summed E-state index contributed by atoms with van der Waals surface area (Å²) in [4.78, 5) is 13.3. The highest BCUT2D eigenvalue weighted by molar-refractivity contribution is 5.79. The molecule has 3 heterocycles. The van der Waals surface area contributed by atoms with Crippen molar-refractivity contribution in [3.63, 3.8) is 0 Å². The van der Waals surface area contributed by atoms with Gasteiger partial charge in [-0.2, -0.15) is 5.10 Å². The van der Waals surface area contributed by atoms with Crippen LogP contribution in [-0.2, 0) is 6.42 Å². The molecule has 0 aliphatic heterocycles. The second kappa shape index (κ2) is 5.91. The minimum atomic E-state index is -0.166. The van der Waals surface area contributed by atoms with Gasteiger partial charge in [0.1, 0.15) is 11.2 Å². The van der Waals surface area contributed by atoms with E-state index in [9.17, 15) is 4.79 Å². The Balaban J connectivity index is 1.98. The van der Waals surface area contributed by atoms with Crippen molar-refractivity contribution in [3.05, 3.63) is 83.0 Å². The normalized spacial score (nSPS) is 11.4.